The number of rotatable bonds is 6. The van der Waals surface area contributed by atoms with Crippen molar-refractivity contribution in [3.8, 4) is 0 Å². The summed E-state index contributed by atoms with van der Waals surface area (Å²) in [5.74, 6) is 4.86. The minimum absolute atomic E-state index is 0.129. The van der Waals surface area contributed by atoms with Gasteiger partial charge in [-0.25, -0.2) is 0 Å². The Bertz CT molecular complexity index is 136. The topological polar surface area (TPSA) is 139 Å². The summed E-state index contributed by atoms with van der Waals surface area (Å²) in [5, 5.41) is 44.6. The van der Waals surface area contributed by atoms with Gasteiger partial charge in [0.1, 0.15) is 18.3 Å². The van der Waals surface area contributed by atoms with Crippen molar-refractivity contribution in [3.05, 3.63) is 0 Å². The van der Waals surface area contributed by atoms with E-state index in [4.69, 9.17) is 31.4 Å². The standard InChI is InChI=1S/C6H16N2O5/c7-8-1-3(10)5(12)6(13)4(11)2-9/h3-6,8-13H,1-2,7H2/t3-,4+,5-,6+/m0/s1. The fourth-order valence-electron chi connectivity index (χ4n) is 0.805. The molecule has 0 fully saturated rings. The fourth-order valence-corrected chi connectivity index (χ4v) is 0.805. The number of hydrogen-bond acceptors (Lipinski definition) is 7. The van der Waals surface area contributed by atoms with E-state index in [0.29, 0.717) is 0 Å². The smallest absolute Gasteiger partial charge is 0.111 e. The Morgan fingerprint density at radius 3 is 1.85 bits per heavy atom. The van der Waals surface area contributed by atoms with Crippen LogP contribution in [0.5, 0.6) is 0 Å². The van der Waals surface area contributed by atoms with Crippen LogP contribution in [0, 0.1) is 0 Å². The molecular formula is C6H16N2O5. The molecular weight excluding hydrogens is 180 g/mol. The molecule has 0 rings (SSSR count). The van der Waals surface area contributed by atoms with E-state index in [0.717, 1.165) is 0 Å². The van der Waals surface area contributed by atoms with Crippen LogP contribution in [-0.2, 0) is 0 Å². The van der Waals surface area contributed by atoms with Crippen molar-refractivity contribution >= 4 is 0 Å². The minimum Gasteiger partial charge on any atom is -0.394 e. The first-order valence-corrected chi connectivity index (χ1v) is 3.81. The molecule has 0 bridgehead atoms. The normalized spacial score (nSPS) is 20.8. The largest absolute Gasteiger partial charge is 0.394 e. The molecule has 0 unspecified atom stereocenters. The third-order valence-electron chi connectivity index (χ3n) is 1.65. The Labute approximate surface area is 75.4 Å². The SMILES string of the molecule is NNC[C@H](O)[C@H](O)[C@H](O)[C@H](O)CO. The van der Waals surface area contributed by atoms with Crippen LogP contribution >= 0.6 is 0 Å². The molecule has 8 N–H and O–H groups in total. The first-order valence-electron chi connectivity index (χ1n) is 3.81. The summed E-state index contributed by atoms with van der Waals surface area (Å²) in [5.41, 5.74) is 2.09. The van der Waals surface area contributed by atoms with Crippen molar-refractivity contribution in [2.24, 2.45) is 5.84 Å². The van der Waals surface area contributed by atoms with Crippen LogP contribution in [0.3, 0.4) is 0 Å². The molecule has 0 aliphatic heterocycles. The maximum atomic E-state index is 9.15. The van der Waals surface area contributed by atoms with Gasteiger partial charge in [0.25, 0.3) is 0 Å². The molecule has 0 aromatic heterocycles. The lowest BCUT2D eigenvalue weighted by Gasteiger charge is -2.25. The van der Waals surface area contributed by atoms with Crippen molar-refractivity contribution in [1.29, 1.82) is 0 Å². The van der Waals surface area contributed by atoms with Crippen LogP contribution in [-0.4, -0.2) is 63.1 Å². The third kappa shape index (κ3) is 3.96. The van der Waals surface area contributed by atoms with Crippen molar-refractivity contribution in [2.75, 3.05) is 13.2 Å². The van der Waals surface area contributed by atoms with Crippen molar-refractivity contribution in [1.82, 2.24) is 5.43 Å². The number of hydrazine groups is 1. The van der Waals surface area contributed by atoms with Crippen molar-refractivity contribution in [2.45, 2.75) is 24.4 Å². The lowest BCUT2D eigenvalue weighted by atomic mass is 10.0. The van der Waals surface area contributed by atoms with E-state index in [1.54, 1.807) is 0 Å². The first-order chi connectivity index (χ1) is 6.04. The van der Waals surface area contributed by atoms with Gasteiger partial charge >= 0.3 is 0 Å². The second-order valence-electron chi connectivity index (χ2n) is 2.71. The predicted octanol–water partition coefficient (Wildman–Crippen LogP) is -4.11. The van der Waals surface area contributed by atoms with Gasteiger partial charge in [0.2, 0.25) is 0 Å². The fraction of sp³-hybridized carbons (Fsp3) is 1.00. The molecule has 0 aliphatic carbocycles. The van der Waals surface area contributed by atoms with Crippen LogP contribution in [0.1, 0.15) is 0 Å². The molecule has 0 aliphatic rings. The van der Waals surface area contributed by atoms with Crippen LogP contribution in [0.15, 0.2) is 0 Å². The van der Waals surface area contributed by atoms with Gasteiger partial charge in [-0.1, -0.05) is 0 Å². The van der Waals surface area contributed by atoms with Gasteiger partial charge in [-0.15, -0.1) is 0 Å². The Morgan fingerprint density at radius 1 is 1.00 bits per heavy atom. The Hall–Kier alpha value is -0.280. The predicted molar refractivity (Wildman–Crippen MR) is 43.3 cm³/mol. The van der Waals surface area contributed by atoms with E-state index < -0.39 is 31.0 Å². The summed E-state index contributed by atoms with van der Waals surface area (Å²) >= 11 is 0. The average Bonchev–Trinajstić information content (AvgIpc) is 2.14. The lowest BCUT2D eigenvalue weighted by Crippen LogP contribution is -2.49. The van der Waals surface area contributed by atoms with Crippen LogP contribution in [0.4, 0.5) is 0 Å². The van der Waals surface area contributed by atoms with Crippen LogP contribution in [0.2, 0.25) is 0 Å². The monoisotopic (exact) mass is 196 g/mol. The number of aliphatic hydroxyl groups excluding tert-OH is 5. The summed E-state index contributed by atoms with van der Waals surface area (Å²) in [6.45, 7) is -0.822. The zero-order valence-corrected chi connectivity index (χ0v) is 7.04. The van der Waals surface area contributed by atoms with Gasteiger partial charge in [0, 0.05) is 6.54 Å². The first kappa shape index (κ1) is 12.7. The summed E-state index contributed by atoms with van der Waals surface area (Å²) in [7, 11) is 0. The molecule has 0 saturated heterocycles. The highest BCUT2D eigenvalue weighted by molar-refractivity contribution is 4.80. The number of aliphatic hydroxyl groups is 5. The summed E-state index contributed by atoms with van der Waals surface area (Å²) in [6, 6.07) is 0. The van der Waals surface area contributed by atoms with Crippen molar-refractivity contribution < 1.29 is 25.5 Å². The molecule has 0 aromatic rings. The zero-order valence-electron chi connectivity index (χ0n) is 7.04. The molecule has 7 nitrogen and oxygen atoms in total. The van der Waals surface area contributed by atoms with Crippen LogP contribution < -0.4 is 11.3 Å². The minimum atomic E-state index is -1.60. The summed E-state index contributed by atoms with van der Waals surface area (Å²) < 4.78 is 0. The van der Waals surface area contributed by atoms with E-state index in [1.807, 2.05) is 0 Å². The number of hydrogen-bond donors (Lipinski definition) is 7. The van der Waals surface area contributed by atoms with E-state index in [1.165, 1.54) is 0 Å². The molecule has 0 amide bonds. The van der Waals surface area contributed by atoms with Crippen molar-refractivity contribution in [3.63, 3.8) is 0 Å². The Kier molecular flexibility index (Phi) is 6.08. The van der Waals surface area contributed by atoms with Gasteiger partial charge in [0.05, 0.1) is 12.7 Å². The molecule has 13 heavy (non-hydrogen) atoms. The third-order valence-corrected chi connectivity index (χ3v) is 1.65. The molecule has 0 heterocycles. The molecule has 0 radical (unpaired) electrons. The maximum absolute atomic E-state index is 9.15. The van der Waals surface area contributed by atoms with Gasteiger partial charge in [0.15, 0.2) is 0 Å². The highest BCUT2D eigenvalue weighted by atomic mass is 16.4. The van der Waals surface area contributed by atoms with E-state index in [9.17, 15) is 0 Å². The highest BCUT2D eigenvalue weighted by Gasteiger charge is 2.29. The van der Waals surface area contributed by atoms with Gasteiger partial charge < -0.3 is 25.5 Å². The zero-order chi connectivity index (χ0) is 10.4. The second-order valence-corrected chi connectivity index (χ2v) is 2.71. The van der Waals surface area contributed by atoms with E-state index >= 15 is 0 Å². The number of nitrogens with two attached hydrogens (primary N) is 1. The van der Waals surface area contributed by atoms with Gasteiger partial charge in [-0.2, -0.15) is 0 Å². The second kappa shape index (κ2) is 6.22. The molecule has 0 saturated carbocycles. The molecule has 4 atom stereocenters. The maximum Gasteiger partial charge on any atom is 0.111 e. The van der Waals surface area contributed by atoms with E-state index in [2.05, 4.69) is 5.43 Å². The molecule has 0 aromatic carbocycles. The Morgan fingerprint density at radius 2 is 1.46 bits per heavy atom. The van der Waals surface area contributed by atoms with Crippen LogP contribution in [0.25, 0.3) is 0 Å². The van der Waals surface area contributed by atoms with E-state index in [-0.39, 0.29) is 6.54 Å². The summed E-state index contributed by atoms with van der Waals surface area (Å²) in [4.78, 5) is 0. The van der Waals surface area contributed by atoms with Gasteiger partial charge in [-0.3, -0.25) is 11.3 Å². The number of nitrogens with one attached hydrogen (secondary N) is 1. The highest BCUT2D eigenvalue weighted by Crippen LogP contribution is 2.03. The van der Waals surface area contributed by atoms with Gasteiger partial charge in [-0.05, 0) is 0 Å². The lowest BCUT2D eigenvalue weighted by molar-refractivity contribution is -0.113. The average molecular weight is 196 g/mol. The molecule has 80 valence electrons. The quantitative estimate of drug-likeness (QED) is 0.169. The summed E-state index contributed by atoms with van der Waals surface area (Å²) in [6.07, 6.45) is -5.95. The molecule has 7 heteroatoms. The molecule has 0 spiro atoms. The Balaban J connectivity index is 3.99.